The fourth-order valence-electron chi connectivity index (χ4n) is 3.29. The Morgan fingerprint density at radius 2 is 2.08 bits per heavy atom. The molecule has 0 spiro atoms. The molecular formula is C20H21N3O3. The third-order valence-electron chi connectivity index (χ3n) is 4.56. The van der Waals surface area contributed by atoms with Gasteiger partial charge in [-0.15, -0.1) is 0 Å². The van der Waals surface area contributed by atoms with Crippen molar-refractivity contribution in [2.75, 3.05) is 20.8 Å². The van der Waals surface area contributed by atoms with Crippen LogP contribution in [0, 0.1) is 0 Å². The van der Waals surface area contributed by atoms with E-state index < -0.39 is 0 Å². The molecule has 0 radical (unpaired) electrons. The summed E-state index contributed by atoms with van der Waals surface area (Å²) in [5.74, 6) is 3.23. The minimum absolute atomic E-state index is 0.0523. The van der Waals surface area contributed by atoms with E-state index in [1.807, 2.05) is 53.5 Å². The SMILES string of the molecule is COc1ccc2c(c1)C(NCCn1ccnc1)c1c(OC)cccc1O2. The maximum absolute atomic E-state index is 6.11. The molecule has 6 nitrogen and oxygen atoms in total. The minimum Gasteiger partial charge on any atom is -0.497 e. The first kappa shape index (κ1) is 16.5. The Kier molecular flexibility index (Phi) is 4.50. The zero-order chi connectivity index (χ0) is 17.9. The van der Waals surface area contributed by atoms with Gasteiger partial charge in [0.2, 0.25) is 0 Å². The lowest BCUT2D eigenvalue weighted by Crippen LogP contribution is -2.28. The van der Waals surface area contributed by atoms with E-state index in [1.54, 1.807) is 20.4 Å². The van der Waals surface area contributed by atoms with Gasteiger partial charge in [-0.05, 0) is 30.3 Å². The molecule has 26 heavy (non-hydrogen) atoms. The van der Waals surface area contributed by atoms with Gasteiger partial charge in [0.15, 0.2) is 0 Å². The predicted octanol–water partition coefficient (Wildman–Crippen LogP) is 3.39. The van der Waals surface area contributed by atoms with Gasteiger partial charge in [-0.25, -0.2) is 4.98 Å². The Balaban J connectivity index is 1.70. The smallest absolute Gasteiger partial charge is 0.136 e. The summed E-state index contributed by atoms with van der Waals surface area (Å²) in [7, 11) is 3.35. The zero-order valence-corrected chi connectivity index (χ0v) is 14.8. The van der Waals surface area contributed by atoms with Crippen molar-refractivity contribution < 1.29 is 14.2 Å². The van der Waals surface area contributed by atoms with Crippen LogP contribution in [0.1, 0.15) is 17.2 Å². The van der Waals surface area contributed by atoms with Crippen LogP contribution in [-0.4, -0.2) is 30.3 Å². The highest BCUT2D eigenvalue weighted by Gasteiger charge is 2.30. The van der Waals surface area contributed by atoms with Gasteiger partial charge in [0, 0.05) is 31.0 Å². The fraction of sp³-hybridized carbons (Fsp3) is 0.250. The van der Waals surface area contributed by atoms with Crippen LogP contribution in [0.3, 0.4) is 0 Å². The van der Waals surface area contributed by atoms with Gasteiger partial charge < -0.3 is 24.1 Å². The van der Waals surface area contributed by atoms with E-state index in [4.69, 9.17) is 14.2 Å². The van der Waals surface area contributed by atoms with Crippen LogP contribution >= 0.6 is 0 Å². The molecule has 6 heteroatoms. The van der Waals surface area contributed by atoms with Gasteiger partial charge in [0.1, 0.15) is 23.0 Å². The molecule has 0 aliphatic carbocycles. The van der Waals surface area contributed by atoms with Crippen LogP contribution in [0.25, 0.3) is 0 Å². The monoisotopic (exact) mass is 351 g/mol. The first-order chi connectivity index (χ1) is 12.8. The summed E-state index contributed by atoms with van der Waals surface area (Å²) < 4.78 is 19.2. The first-order valence-corrected chi connectivity index (χ1v) is 8.52. The molecule has 0 fully saturated rings. The first-order valence-electron chi connectivity index (χ1n) is 8.52. The van der Waals surface area contributed by atoms with E-state index in [9.17, 15) is 0 Å². The van der Waals surface area contributed by atoms with Crippen LogP contribution in [0.15, 0.2) is 55.1 Å². The van der Waals surface area contributed by atoms with Crippen molar-refractivity contribution in [1.29, 1.82) is 0 Å². The minimum atomic E-state index is -0.0523. The topological polar surface area (TPSA) is 57.5 Å². The molecule has 0 saturated heterocycles. The van der Waals surface area contributed by atoms with E-state index in [2.05, 4.69) is 10.3 Å². The molecule has 4 rings (SSSR count). The third kappa shape index (κ3) is 2.99. The molecular weight excluding hydrogens is 330 g/mol. The van der Waals surface area contributed by atoms with Crippen molar-refractivity contribution in [3.63, 3.8) is 0 Å². The molecule has 0 saturated carbocycles. The van der Waals surface area contributed by atoms with Crippen LogP contribution < -0.4 is 19.5 Å². The van der Waals surface area contributed by atoms with Gasteiger partial charge in [-0.2, -0.15) is 0 Å². The quantitative estimate of drug-likeness (QED) is 0.738. The van der Waals surface area contributed by atoms with E-state index in [0.717, 1.165) is 47.2 Å². The number of aromatic nitrogens is 2. The number of ether oxygens (including phenoxy) is 3. The van der Waals surface area contributed by atoms with Gasteiger partial charge >= 0.3 is 0 Å². The van der Waals surface area contributed by atoms with Gasteiger partial charge in [-0.3, -0.25) is 0 Å². The van der Waals surface area contributed by atoms with Crippen molar-refractivity contribution in [1.82, 2.24) is 14.9 Å². The van der Waals surface area contributed by atoms with Gasteiger partial charge in [-0.1, -0.05) is 6.07 Å². The summed E-state index contributed by atoms with van der Waals surface area (Å²) in [4.78, 5) is 4.09. The van der Waals surface area contributed by atoms with Gasteiger partial charge in [0.25, 0.3) is 0 Å². The molecule has 1 N–H and O–H groups in total. The molecule has 1 aliphatic rings. The Labute approximate surface area is 152 Å². The summed E-state index contributed by atoms with van der Waals surface area (Å²) in [6.45, 7) is 1.59. The summed E-state index contributed by atoms with van der Waals surface area (Å²) in [5, 5.41) is 3.63. The highest BCUT2D eigenvalue weighted by molar-refractivity contribution is 5.59. The highest BCUT2D eigenvalue weighted by atomic mass is 16.5. The van der Waals surface area contributed by atoms with E-state index >= 15 is 0 Å². The third-order valence-corrected chi connectivity index (χ3v) is 4.56. The second-order valence-corrected chi connectivity index (χ2v) is 6.07. The van der Waals surface area contributed by atoms with Crippen LogP contribution in [0.2, 0.25) is 0 Å². The van der Waals surface area contributed by atoms with Crippen molar-refractivity contribution in [3.8, 4) is 23.0 Å². The molecule has 2 heterocycles. The average molecular weight is 351 g/mol. The largest absolute Gasteiger partial charge is 0.497 e. The normalized spacial score (nSPS) is 14.9. The van der Waals surface area contributed by atoms with Gasteiger partial charge in [0.05, 0.1) is 32.2 Å². The molecule has 1 aliphatic heterocycles. The molecule has 1 atom stereocenters. The lowest BCUT2D eigenvalue weighted by molar-refractivity contribution is 0.375. The number of hydrogen-bond acceptors (Lipinski definition) is 5. The number of rotatable bonds is 6. The number of methoxy groups -OCH3 is 2. The van der Waals surface area contributed by atoms with Crippen molar-refractivity contribution in [3.05, 3.63) is 66.2 Å². The molecule has 1 unspecified atom stereocenters. The van der Waals surface area contributed by atoms with Crippen LogP contribution in [0.5, 0.6) is 23.0 Å². The molecule has 1 aromatic heterocycles. The Hall–Kier alpha value is -2.99. The predicted molar refractivity (Wildman–Crippen MR) is 98.1 cm³/mol. The molecule has 3 aromatic rings. The molecule has 0 amide bonds. The molecule has 0 bridgehead atoms. The Morgan fingerprint density at radius 3 is 2.85 bits per heavy atom. The highest BCUT2D eigenvalue weighted by Crippen LogP contribution is 2.47. The number of imidazole rings is 1. The number of hydrogen-bond donors (Lipinski definition) is 1. The Morgan fingerprint density at radius 1 is 1.15 bits per heavy atom. The van der Waals surface area contributed by atoms with Crippen molar-refractivity contribution >= 4 is 0 Å². The summed E-state index contributed by atoms with van der Waals surface area (Å²) in [5.41, 5.74) is 2.04. The molecule has 2 aromatic carbocycles. The van der Waals surface area contributed by atoms with E-state index in [0.29, 0.717) is 0 Å². The fourth-order valence-corrected chi connectivity index (χ4v) is 3.29. The number of fused-ring (bicyclic) bond motifs is 2. The molecule has 134 valence electrons. The standard InChI is InChI=1S/C20H21N3O3/c1-24-14-6-7-16-15(12-14)20(22-9-11-23-10-8-21-13-23)19-17(25-2)4-3-5-18(19)26-16/h3-8,10,12-13,20,22H,9,11H2,1-2H3. The van der Waals surface area contributed by atoms with Crippen molar-refractivity contribution in [2.45, 2.75) is 12.6 Å². The second-order valence-electron chi connectivity index (χ2n) is 6.07. The summed E-state index contributed by atoms with van der Waals surface area (Å²) in [6.07, 6.45) is 5.56. The lowest BCUT2D eigenvalue weighted by Gasteiger charge is -2.30. The van der Waals surface area contributed by atoms with Crippen LogP contribution in [0.4, 0.5) is 0 Å². The zero-order valence-electron chi connectivity index (χ0n) is 14.8. The maximum atomic E-state index is 6.11. The summed E-state index contributed by atoms with van der Waals surface area (Å²) >= 11 is 0. The second kappa shape index (κ2) is 7.09. The van der Waals surface area contributed by atoms with E-state index in [-0.39, 0.29) is 6.04 Å². The lowest BCUT2D eigenvalue weighted by atomic mass is 9.93. The van der Waals surface area contributed by atoms with E-state index in [1.165, 1.54) is 0 Å². The average Bonchev–Trinajstić information content (AvgIpc) is 3.20. The number of nitrogens with one attached hydrogen (secondary N) is 1. The summed E-state index contributed by atoms with van der Waals surface area (Å²) in [6, 6.07) is 11.7. The Bertz CT molecular complexity index is 893. The number of benzene rings is 2. The number of nitrogens with zero attached hydrogens (tertiary/aromatic N) is 2. The maximum Gasteiger partial charge on any atom is 0.136 e. The van der Waals surface area contributed by atoms with Crippen molar-refractivity contribution in [2.24, 2.45) is 0 Å². The van der Waals surface area contributed by atoms with Crippen LogP contribution in [-0.2, 0) is 6.54 Å².